The maximum absolute atomic E-state index is 12.8. The van der Waals surface area contributed by atoms with Crippen molar-refractivity contribution in [1.29, 1.82) is 0 Å². The first-order valence-corrected chi connectivity index (χ1v) is 19.7. The summed E-state index contributed by atoms with van der Waals surface area (Å²) in [4.78, 5) is 25.6. The molecule has 17 nitrogen and oxygen atoms in total. The number of ether oxygens (including phenoxy) is 7. The molecule has 0 bridgehead atoms. The number of carbonyl (C=O) groups excluding carboxylic acids is 2. The normalized spacial score (nSPS) is 27.4. The molecule has 2 heterocycles. The number of aromatic hydroxyl groups is 2. The number of aliphatic hydroxyl groups excluding tert-OH is 6. The third-order valence-corrected chi connectivity index (χ3v) is 9.77. The van der Waals surface area contributed by atoms with Crippen LogP contribution in [-0.2, 0) is 23.7 Å². The van der Waals surface area contributed by atoms with Crippen LogP contribution in [0.2, 0.25) is 0 Å². The Balaban J connectivity index is 1.30. The van der Waals surface area contributed by atoms with Gasteiger partial charge in [0, 0.05) is 12.1 Å². The van der Waals surface area contributed by atoms with Crippen LogP contribution in [0.25, 0.3) is 0 Å². The summed E-state index contributed by atoms with van der Waals surface area (Å²) < 4.78 is 38.4. The molecule has 10 atom stereocenters. The standard InChI is InChI=1S/C40H58O17/c1-3-5-7-9-11-17-51-23-13-15-25(27(41)19-23)37(49)53-21-29-31(43)33(45)35(47)39(55-29)57-40-36(48)34(46)32(44)30(56-40)22-54-38(50)26-16-14-24(20-28(26)42)52-18-12-10-8-6-4-2/h13-16,19-20,29-36,39-48H,3-12,17-18,21-22H2,1-2H3/t29?,30?,31-,32-,33+,34+,35?,36?,39-,40-/m1/s1. The van der Waals surface area contributed by atoms with E-state index < -0.39 is 98.1 Å². The summed E-state index contributed by atoms with van der Waals surface area (Å²) in [6, 6.07) is 8.10. The Hall–Kier alpha value is -3.78. The van der Waals surface area contributed by atoms with E-state index in [2.05, 4.69) is 13.8 Å². The molecular formula is C40H58O17. The summed E-state index contributed by atoms with van der Waals surface area (Å²) >= 11 is 0. The second kappa shape index (κ2) is 23.0. The second-order valence-corrected chi connectivity index (χ2v) is 14.2. The zero-order valence-corrected chi connectivity index (χ0v) is 32.4. The summed E-state index contributed by atoms with van der Waals surface area (Å²) in [5.74, 6) is -2.13. The van der Waals surface area contributed by atoms with E-state index in [0.29, 0.717) is 24.7 Å². The number of esters is 2. The average Bonchev–Trinajstić information content (AvgIpc) is 3.19. The Kier molecular flexibility index (Phi) is 18.5. The minimum Gasteiger partial charge on any atom is -0.507 e. The summed E-state index contributed by atoms with van der Waals surface area (Å²) in [5, 5.41) is 84.4. The second-order valence-electron chi connectivity index (χ2n) is 14.2. The predicted molar refractivity (Wildman–Crippen MR) is 200 cm³/mol. The van der Waals surface area contributed by atoms with Gasteiger partial charge in [-0.25, -0.2) is 9.59 Å². The van der Waals surface area contributed by atoms with Crippen LogP contribution in [0.4, 0.5) is 0 Å². The molecule has 2 aromatic rings. The van der Waals surface area contributed by atoms with Crippen molar-refractivity contribution in [3.63, 3.8) is 0 Å². The predicted octanol–water partition coefficient (Wildman–Crippen LogP) is 2.44. The van der Waals surface area contributed by atoms with Gasteiger partial charge in [0.1, 0.15) is 96.2 Å². The van der Waals surface area contributed by atoms with E-state index >= 15 is 0 Å². The van der Waals surface area contributed by atoms with E-state index in [9.17, 15) is 50.4 Å². The van der Waals surface area contributed by atoms with Gasteiger partial charge in [0.25, 0.3) is 0 Å². The van der Waals surface area contributed by atoms with Gasteiger partial charge in [-0.2, -0.15) is 0 Å². The maximum atomic E-state index is 12.8. The zero-order chi connectivity index (χ0) is 41.5. The molecule has 17 heteroatoms. The molecular weight excluding hydrogens is 752 g/mol. The lowest BCUT2D eigenvalue weighted by Crippen LogP contribution is -2.64. The third kappa shape index (κ3) is 13.1. The van der Waals surface area contributed by atoms with Crippen LogP contribution in [0.3, 0.4) is 0 Å². The maximum Gasteiger partial charge on any atom is 0.342 e. The number of hydrogen-bond acceptors (Lipinski definition) is 17. The number of carbonyl (C=O) groups is 2. The lowest BCUT2D eigenvalue weighted by Gasteiger charge is -2.44. The molecule has 0 aliphatic carbocycles. The highest BCUT2D eigenvalue weighted by Gasteiger charge is 2.50. The van der Waals surface area contributed by atoms with Crippen LogP contribution >= 0.6 is 0 Å². The number of benzene rings is 2. The van der Waals surface area contributed by atoms with Crippen molar-refractivity contribution >= 4 is 11.9 Å². The highest BCUT2D eigenvalue weighted by molar-refractivity contribution is 5.93. The third-order valence-electron chi connectivity index (χ3n) is 9.77. The molecule has 0 amide bonds. The van der Waals surface area contributed by atoms with E-state index in [1.807, 2.05) is 0 Å². The number of phenolic OH excluding ortho intramolecular Hbond substituents is 2. The van der Waals surface area contributed by atoms with Gasteiger partial charge in [0.2, 0.25) is 0 Å². The van der Waals surface area contributed by atoms with Gasteiger partial charge in [-0.05, 0) is 37.1 Å². The van der Waals surface area contributed by atoms with Crippen LogP contribution in [0.1, 0.15) is 98.8 Å². The largest absolute Gasteiger partial charge is 0.507 e. The number of unbranched alkanes of at least 4 members (excludes halogenated alkanes) is 8. The molecule has 2 aromatic carbocycles. The van der Waals surface area contributed by atoms with E-state index in [-0.39, 0.29) is 11.1 Å². The van der Waals surface area contributed by atoms with Crippen LogP contribution in [-0.4, -0.2) is 141 Å². The van der Waals surface area contributed by atoms with Crippen molar-refractivity contribution in [2.45, 2.75) is 139 Å². The first kappa shape index (κ1) is 45.9. The van der Waals surface area contributed by atoms with E-state index in [1.165, 1.54) is 36.4 Å². The molecule has 2 fully saturated rings. The molecule has 57 heavy (non-hydrogen) atoms. The molecule has 4 unspecified atom stereocenters. The van der Waals surface area contributed by atoms with Gasteiger partial charge in [-0.15, -0.1) is 0 Å². The summed E-state index contributed by atoms with van der Waals surface area (Å²) in [6.07, 6.45) is -7.60. The fourth-order valence-corrected chi connectivity index (χ4v) is 6.28. The monoisotopic (exact) mass is 810 g/mol. The fourth-order valence-electron chi connectivity index (χ4n) is 6.28. The van der Waals surface area contributed by atoms with Crippen molar-refractivity contribution in [3.8, 4) is 23.0 Å². The number of phenols is 2. The van der Waals surface area contributed by atoms with Gasteiger partial charge in [-0.1, -0.05) is 65.2 Å². The number of rotatable bonds is 22. The highest BCUT2D eigenvalue weighted by atomic mass is 16.8. The van der Waals surface area contributed by atoms with Gasteiger partial charge in [0.15, 0.2) is 12.6 Å². The van der Waals surface area contributed by atoms with Crippen LogP contribution in [0.15, 0.2) is 36.4 Å². The lowest BCUT2D eigenvalue weighted by molar-refractivity contribution is -0.376. The van der Waals surface area contributed by atoms with E-state index in [0.717, 1.165) is 64.2 Å². The fraction of sp³-hybridized carbons (Fsp3) is 0.650. The van der Waals surface area contributed by atoms with Crippen molar-refractivity contribution in [2.75, 3.05) is 26.4 Å². The van der Waals surface area contributed by atoms with Crippen LogP contribution in [0.5, 0.6) is 23.0 Å². The molecule has 0 aromatic heterocycles. The molecule has 4 rings (SSSR count). The lowest BCUT2D eigenvalue weighted by atomic mass is 9.98. The number of hydrogen-bond donors (Lipinski definition) is 8. The Bertz CT molecular complexity index is 1430. The molecule has 0 saturated carbocycles. The Morgan fingerprint density at radius 2 is 0.930 bits per heavy atom. The zero-order valence-electron chi connectivity index (χ0n) is 32.4. The molecule has 2 saturated heterocycles. The van der Waals surface area contributed by atoms with Crippen molar-refractivity contribution in [1.82, 2.24) is 0 Å². The van der Waals surface area contributed by atoms with Gasteiger partial charge >= 0.3 is 11.9 Å². The number of aliphatic hydroxyl groups is 6. The van der Waals surface area contributed by atoms with E-state index in [4.69, 9.17) is 33.2 Å². The summed E-state index contributed by atoms with van der Waals surface area (Å²) in [5.41, 5.74) is -0.432. The van der Waals surface area contributed by atoms with E-state index in [1.54, 1.807) is 0 Å². The Labute approximate surface area is 331 Å². The van der Waals surface area contributed by atoms with Gasteiger partial charge < -0.3 is 74.0 Å². The smallest absolute Gasteiger partial charge is 0.342 e. The minimum absolute atomic E-state index is 0.216. The molecule has 2 aliphatic heterocycles. The van der Waals surface area contributed by atoms with Gasteiger partial charge in [-0.3, -0.25) is 0 Å². The quantitative estimate of drug-likeness (QED) is 0.0627. The first-order valence-electron chi connectivity index (χ1n) is 19.7. The first-order chi connectivity index (χ1) is 27.4. The molecule has 0 spiro atoms. The highest BCUT2D eigenvalue weighted by Crippen LogP contribution is 2.31. The Morgan fingerprint density at radius 1 is 0.544 bits per heavy atom. The van der Waals surface area contributed by atoms with Crippen molar-refractivity contribution in [2.24, 2.45) is 0 Å². The van der Waals surface area contributed by atoms with Crippen LogP contribution < -0.4 is 9.47 Å². The van der Waals surface area contributed by atoms with Gasteiger partial charge in [0.05, 0.1) is 13.2 Å². The molecule has 0 radical (unpaired) electrons. The SMILES string of the molecule is CCCCCCCOc1ccc(C(=O)OCC2O[C@H](O[C@H]3OC(COC(=O)c4ccc(OCCCCCCC)cc4O)[C@@H](O)[C@H](O)C3O)C(O)[C@@H](O)[C@@H]2O)c(O)c1. The molecule has 8 N–H and O–H groups in total. The average molecular weight is 811 g/mol. The van der Waals surface area contributed by atoms with Crippen molar-refractivity contribution in [3.05, 3.63) is 47.5 Å². The van der Waals surface area contributed by atoms with Crippen molar-refractivity contribution < 1.29 is 83.6 Å². The summed E-state index contributed by atoms with van der Waals surface area (Å²) in [7, 11) is 0. The Morgan fingerprint density at radius 3 is 1.30 bits per heavy atom. The minimum atomic E-state index is -1.94. The molecule has 2 aliphatic rings. The molecule has 320 valence electrons. The van der Waals surface area contributed by atoms with Crippen LogP contribution in [0, 0.1) is 0 Å². The topological polar surface area (TPSA) is 261 Å². The summed E-state index contributed by atoms with van der Waals surface area (Å²) in [6.45, 7) is 3.75.